The average molecular weight is 278 g/mol. The Morgan fingerprint density at radius 2 is 2.00 bits per heavy atom. The van der Waals surface area contributed by atoms with Crippen molar-refractivity contribution in [2.24, 2.45) is 5.73 Å². The first-order valence-electron chi connectivity index (χ1n) is 6.05. The summed E-state index contributed by atoms with van der Waals surface area (Å²) in [5.74, 6) is 0.668. The van der Waals surface area contributed by atoms with Gasteiger partial charge in [-0.05, 0) is 49.6 Å². The van der Waals surface area contributed by atoms with Gasteiger partial charge in [0, 0.05) is 23.5 Å². The zero-order valence-electron chi connectivity index (χ0n) is 10.9. The number of hydrogen-bond acceptors (Lipinski definition) is 4. The number of benzene rings is 1. The smallest absolute Gasteiger partial charge is 0.321 e. The molecule has 1 atom stereocenters. The number of hydrogen-bond donors (Lipinski definition) is 1. The third-order valence-corrected chi connectivity index (χ3v) is 3.00. The molecule has 0 fully saturated rings. The molecule has 0 spiro atoms. The molecule has 2 rings (SSSR count). The summed E-state index contributed by atoms with van der Waals surface area (Å²) in [5.41, 5.74) is 7.66. The Hall–Kier alpha value is -1.65. The Labute approximate surface area is 117 Å². The molecule has 100 valence electrons. The molecule has 1 aromatic carbocycles. The molecule has 0 aliphatic carbocycles. The summed E-state index contributed by atoms with van der Waals surface area (Å²) in [6.45, 7) is 3.86. The molecular weight excluding hydrogens is 262 g/mol. The minimum absolute atomic E-state index is 0.0919. The maximum atomic E-state index is 5.95. The Morgan fingerprint density at radius 1 is 1.32 bits per heavy atom. The molecule has 0 aliphatic rings. The predicted molar refractivity (Wildman–Crippen MR) is 75.6 cm³/mol. The number of aryl methyl sites for hydroxylation is 1. The minimum atomic E-state index is 0.0919. The van der Waals surface area contributed by atoms with E-state index < -0.39 is 0 Å². The molecule has 2 N–H and O–H groups in total. The van der Waals surface area contributed by atoms with Crippen LogP contribution in [-0.2, 0) is 6.42 Å². The van der Waals surface area contributed by atoms with Crippen molar-refractivity contribution in [2.45, 2.75) is 26.3 Å². The topological polar surface area (TPSA) is 61.0 Å². The van der Waals surface area contributed by atoms with Crippen LogP contribution in [0.15, 0.2) is 30.6 Å². The molecule has 5 heteroatoms. The van der Waals surface area contributed by atoms with Gasteiger partial charge in [0.25, 0.3) is 0 Å². The Balaban J connectivity index is 2.08. The van der Waals surface area contributed by atoms with Gasteiger partial charge in [-0.2, -0.15) is 0 Å². The summed E-state index contributed by atoms with van der Waals surface area (Å²) >= 11 is 5.95. The first kappa shape index (κ1) is 13.8. The Kier molecular flexibility index (Phi) is 4.35. The fraction of sp³-hybridized carbons (Fsp3) is 0.286. The van der Waals surface area contributed by atoms with Crippen molar-refractivity contribution in [3.8, 4) is 11.8 Å². The molecule has 0 bridgehead atoms. The molecule has 1 aromatic heterocycles. The van der Waals surface area contributed by atoms with Gasteiger partial charge >= 0.3 is 6.01 Å². The molecule has 1 heterocycles. The summed E-state index contributed by atoms with van der Waals surface area (Å²) < 4.78 is 5.56. The van der Waals surface area contributed by atoms with Crippen LogP contribution in [0.4, 0.5) is 0 Å². The first-order valence-corrected chi connectivity index (χ1v) is 6.43. The summed E-state index contributed by atoms with van der Waals surface area (Å²) in [6, 6.07) is 5.83. The quantitative estimate of drug-likeness (QED) is 0.933. The molecule has 4 nitrogen and oxygen atoms in total. The highest BCUT2D eigenvalue weighted by molar-refractivity contribution is 6.31. The lowest BCUT2D eigenvalue weighted by Crippen LogP contribution is -2.17. The number of nitrogens with zero attached hydrogens (tertiary/aromatic N) is 2. The van der Waals surface area contributed by atoms with Crippen LogP contribution in [0.1, 0.15) is 18.1 Å². The van der Waals surface area contributed by atoms with Gasteiger partial charge in [0.15, 0.2) is 0 Å². The molecule has 0 radical (unpaired) electrons. The molecule has 2 aromatic rings. The largest absolute Gasteiger partial charge is 0.424 e. The van der Waals surface area contributed by atoms with Gasteiger partial charge in [0.05, 0.1) is 0 Å². The van der Waals surface area contributed by atoms with Gasteiger partial charge in [-0.15, -0.1) is 0 Å². The van der Waals surface area contributed by atoms with E-state index in [1.165, 1.54) is 0 Å². The lowest BCUT2D eigenvalue weighted by atomic mass is 10.1. The lowest BCUT2D eigenvalue weighted by molar-refractivity contribution is 0.440. The highest BCUT2D eigenvalue weighted by Gasteiger charge is 2.04. The van der Waals surface area contributed by atoms with Crippen molar-refractivity contribution in [3.05, 3.63) is 46.7 Å². The van der Waals surface area contributed by atoms with Crippen LogP contribution < -0.4 is 10.5 Å². The standard InChI is InChI=1S/C14H16ClN3O/c1-9-5-12(3-4-13(9)15)19-14-17-7-11(8-18-14)6-10(2)16/h3-5,7-8,10H,6,16H2,1-2H3. The summed E-state index contributed by atoms with van der Waals surface area (Å²) in [5, 5.41) is 0.709. The van der Waals surface area contributed by atoms with E-state index in [1.807, 2.05) is 19.9 Å². The maximum absolute atomic E-state index is 5.95. The number of halogens is 1. The van der Waals surface area contributed by atoms with Crippen LogP contribution in [0.25, 0.3) is 0 Å². The predicted octanol–water partition coefficient (Wildman–Crippen LogP) is 3.12. The second-order valence-corrected chi connectivity index (χ2v) is 4.98. The van der Waals surface area contributed by atoms with Gasteiger partial charge in [0.2, 0.25) is 0 Å². The molecule has 1 unspecified atom stereocenters. The van der Waals surface area contributed by atoms with Crippen LogP contribution in [0.5, 0.6) is 11.8 Å². The van der Waals surface area contributed by atoms with E-state index in [1.54, 1.807) is 24.5 Å². The average Bonchev–Trinajstić information content (AvgIpc) is 2.36. The zero-order chi connectivity index (χ0) is 13.8. The summed E-state index contributed by atoms with van der Waals surface area (Å²) in [6.07, 6.45) is 4.21. The Morgan fingerprint density at radius 3 is 2.58 bits per heavy atom. The van der Waals surface area contributed by atoms with Crippen LogP contribution in [0.3, 0.4) is 0 Å². The number of rotatable bonds is 4. The van der Waals surface area contributed by atoms with Crippen LogP contribution in [0.2, 0.25) is 5.02 Å². The molecular formula is C14H16ClN3O. The van der Waals surface area contributed by atoms with Crippen molar-refractivity contribution in [1.29, 1.82) is 0 Å². The molecule has 0 amide bonds. The normalized spacial score (nSPS) is 12.2. The molecule has 19 heavy (non-hydrogen) atoms. The second-order valence-electron chi connectivity index (χ2n) is 4.57. The highest BCUT2D eigenvalue weighted by Crippen LogP contribution is 2.23. The number of nitrogens with two attached hydrogens (primary N) is 1. The summed E-state index contributed by atoms with van der Waals surface area (Å²) in [7, 11) is 0. The summed E-state index contributed by atoms with van der Waals surface area (Å²) in [4.78, 5) is 8.31. The van der Waals surface area contributed by atoms with Gasteiger partial charge in [-0.25, -0.2) is 9.97 Å². The van der Waals surface area contributed by atoms with E-state index in [4.69, 9.17) is 22.1 Å². The maximum Gasteiger partial charge on any atom is 0.321 e. The SMILES string of the molecule is Cc1cc(Oc2ncc(CC(C)N)cn2)ccc1Cl. The van der Waals surface area contributed by atoms with Crippen LogP contribution in [-0.4, -0.2) is 16.0 Å². The van der Waals surface area contributed by atoms with Crippen molar-refractivity contribution >= 4 is 11.6 Å². The van der Waals surface area contributed by atoms with E-state index in [0.717, 1.165) is 17.5 Å². The molecule has 0 aliphatic heterocycles. The third kappa shape index (κ3) is 3.91. The fourth-order valence-corrected chi connectivity index (χ4v) is 1.78. The molecule has 0 saturated carbocycles. The highest BCUT2D eigenvalue weighted by atomic mass is 35.5. The van der Waals surface area contributed by atoms with E-state index >= 15 is 0 Å². The van der Waals surface area contributed by atoms with Crippen molar-refractivity contribution in [3.63, 3.8) is 0 Å². The second kappa shape index (κ2) is 5.99. The van der Waals surface area contributed by atoms with Gasteiger partial charge in [-0.3, -0.25) is 0 Å². The number of ether oxygens (including phenoxy) is 1. The van der Waals surface area contributed by atoms with Gasteiger partial charge in [-0.1, -0.05) is 11.6 Å². The van der Waals surface area contributed by atoms with E-state index in [0.29, 0.717) is 16.8 Å². The Bertz CT molecular complexity index is 555. The third-order valence-electron chi connectivity index (χ3n) is 2.58. The van der Waals surface area contributed by atoms with Gasteiger partial charge in [0.1, 0.15) is 5.75 Å². The fourth-order valence-electron chi connectivity index (χ4n) is 1.66. The van der Waals surface area contributed by atoms with Crippen LogP contribution >= 0.6 is 11.6 Å². The van der Waals surface area contributed by atoms with Crippen LogP contribution in [0, 0.1) is 6.92 Å². The number of aromatic nitrogens is 2. The first-order chi connectivity index (χ1) is 9.04. The van der Waals surface area contributed by atoms with Crippen molar-refractivity contribution in [1.82, 2.24) is 9.97 Å². The van der Waals surface area contributed by atoms with Crippen molar-refractivity contribution in [2.75, 3.05) is 0 Å². The van der Waals surface area contributed by atoms with E-state index in [9.17, 15) is 0 Å². The van der Waals surface area contributed by atoms with E-state index in [-0.39, 0.29) is 6.04 Å². The van der Waals surface area contributed by atoms with E-state index in [2.05, 4.69) is 9.97 Å². The van der Waals surface area contributed by atoms with Crippen molar-refractivity contribution < 1.29 is 4.74 Å². The lowest BCUT2D eigenvalue weighted by Gasteiger charge is -2.07. The monoisotopic (exact) mass is 277 g/mol. The minimum Gasteiger partial charge on any atom is -0.424 e. The zero-order valence-corrected chi connectivity index (χ0v) is 11.7. The van der Waals surface area contributed by atoms with Gasteiger partial charge < -0.3 is 10.5 Å². The molecule has 0 saturated heterocycles.